The molecule has 2 aromatic rings. The molecular weight excluding hydrogens is 310 g/mol. The van der Waals surface area contributed by atoms with Crippen molar-refractivity contribution in [3.05, 3.63) is 57.2 Å². The van der Waals surface area contributed by atoms with Crippen LogP contribution in [0.2, 0.25) is 5.02 Å². The van der Waals surface area contributed by atoms with Crippen molar-refractivity contribution < 1.29 is 0 Å². The highest BCUT2D eigenvalue weighted by atomic mass is 35.5. The van der Waals surface area contributed by atoms with E-state index in [0.717, 1.165) is 22.6 Å². The number of thiocarbonyl (C=S) groups is 1. The number of nitrogens with zero attached hydrogens (tertiary/aromatic N) is 2. The van der Waals surface area contributed by atoms with Crippen molar-refractivity contribution in [1.29, 1.82) is 0 Å². The Hall–Kier alpha value is -1.43. The van der Waals surface area contributed by atoms with E-state index in [1.54, 1.807) is 16.3 Å². The van der Waals surface area contributed by atoms with Gasteiger partial charge in [0, 0.05) is 11.4 Å². The molecule has 2 N–H and O–H groups in total. The van der Waals surface area contributed by atoms with Crippen molar-refractivity contribution in [2.75, 3.05) is 0 Å². The molecule has 1 aliphatic heterocycles. The molecule has 3 nitrogen and oxygen atoms in total. The Morgan fingerprint density at radius 1 is 1.35 bits per heavy atom. The Morgan fingerprint density at radius 2 is 2.10 bits per heavy atom. The summed E-state index contributed by atoms with van der Waals surface area (Å²) in [7, 11) is 0. The second-order valence-corrected chi connectivity index (χ2v) is 6.28. The molecule has 0 bridgehead atoms. The standard InChI is InChI=1S/C14H12ClN3S2/c15-10-5-3-9(4-6-10)12-8-11(13-2-1-7-20-13)17-18(12)14(16)19/h1-7,12H,8H2,(H2,16,19)/t12-/m0/s1. The summed E-state index contributed by atoms with van der Waals surface area (Å²) in [5.41, 5.74) is 7.93. The van der Waals surface area contributed by atoms with Crippen LogP contribution >= 0.6 is 35.2 Å². The van der Waals surface area contributed by atoms with Gasteiger partial charge in [-0.25, -0.2) is 5.01 Å². The zero-order valence-electron chi connectivity index (χ0n) is 10.5. The topological polar surface area (TPSA) is 41.6 Å². The van der Waals surface area contributed by atoms with E-state index in [9.17, 15) is 0 Å². The summed E-state index contributed by atoms with van der Waals surface area (Å²) >= 11 is 12.7. The van der Waals surface area contributed by atoms with Crippen LogP contribution in [0.5, 0.6) is 0 Å². The van der Waals surface area contributed by atoms with Crippen molar-refractivity contribution in [2.24, 2.45) is 10.8 Å². The van der Waals surface area contributed by atoms with Gasteiger partial charge in [-0.1, -0.05) is 29.8 Å². The van der Waals surface area contributed by atoms with Gasteiger partial charge in [0.15, 0.2) is 5.11 Å². The third-order valence-corrected chi connectivity index (χ3v) is 4.55. The van der Waals surface area contributed by atoms with Gasteiger partial charge in [-0.05, 0) is 41.4 Å². The van der Waals surface area contributed by atoms with Crippen molar-refractivity contribution in [3.8, 4) is 0 Å². The van der Waals surface area contributed by atoms with E-state index < -0.39 is 0 Å². The molecule has 0 spiro atoms. The Labute approximate surface area is 131 Å². The Kier molecular flexibility index (Phi) is 3.74. The molecule has 1 aromatic heterocycles. The van der Waals surface area contributed by atoms with E-state index in [-0.39, 0.29) is 11.2 Å². The third-order valence-electron chi connectivity index (χ3n) is 3.20. The van der Waals surface area contributed by atoms with Gasteiger partial charge in [0.25, 0.3) is 0 Å². The number of benzene rings is 1. The van der Waals surface area contributed by atoms with Gasteiger partial charge in [-0.15, -0.1) is 11.3 Å². The monoisotopic (exact) mass is 321 g/mol. The number of halogens is 1. The number of thiophene rings is 1. The molecule has 0 aliphatic carbocycles. The molecule has 1 aliphatic rings. The van der Waals surface area contributed by atoms with Gasteiger partial charge in [0.1, 0.15) is 0 Å². The summed E-state index contributed by atoms with van der Waals surface area (Å²) in [5, 5.41) is 9.33. The number of hydrogen-bond donors (Lipinski definition) is 1. The SMILES string of the molecule is NC(=S)N1N=C(c2cccs2)C[C@H]1c1ccc(Cl)cc1. The lowest BCUT2D eigenvalue weighted by Gasteiger charge is -2.21. The second-order valence-electron chi connectivity index (χ2n) is 4.48. The van der Waals surface area contributed by atoms with Crippen LogP contribution in [0.4, 0.5) is 0 Å². The Morgan fingerprint density at radius 3 is 2.70 bits per heavy atom. The minimum absolute atomic E-state index is 0.0434. The first kappa shape index (κ1) is 13.5. The number of rotatable bonds is 2. The van der Waals surface area contributed by atoms with E-state index in [4.69, 9.17) is 29.6 Å². The molecule has 1 atom stereocenters. The van der Waals surface area contributed by atoms with E-state index in [1.165, 1.54) is 0 Å². The maximum atomic E-state index is 5.94. The second kappa shape index (κ2) is 5.52. The molecule has 0 radical (unpaired) electrons. The average Bonchev–Trinajstić information content (AvgIpc) is 3.08. The van der Waals surface area contributed by atoms with Crippen LogP contribution in [0.15, 0.2) is 46.9 Å². The minimum atomic E-state index is 0.0434. The van der Waals surface area contributed by atoms with Gasteiger partial charge in [-0.2, -0.15) is 5.10 Å². The van der Waals surface area contributed by atoms with E-state index in [1.807, 2.05) is 35.7 Å². The number of hydrogen-bond acceptors (Lipinski definition) is 3. The summed E-state index contributed by atoms with van der Waals surface area (Å²) in [6, 6.07) is 11.8. The van der Waals surface area contributed by atoms with Gasteiger partial charge in [0.05, 0.1) is 16.6 Å². The summed E-state index contributed by atoms with van der Waals surface area (Å²) in [6.07, 6.45) is 0.791. The van der Waals surface area contributed by atoms with Crippen LogP contribution in [0.25, 0.3) is 0 Å². The van der Waals surface area contributed by atoms with Crippen molar-refractivity contribution >= 4 is 46.0 Å². The minimum Gasteiger partial charge on any atom is -0.375 e. The quantitative estimate of drug-likeness (QED) is 0.855. The van der Waals surface area contributed by atoms with E-state index >= 15 is 0 Å². The molecule has 0 fully saturated rings. The lowest BCUT2D eigenvalue weighted by atomic mass is 10.0. The van der Waals surface area contributed by atoms with Crippen LogP contribution in [0, 0.1) is 0 Å². The predicted octanol–water partition coefficient (Wildman–Crippen LogP) is 3.80. The summed E-state index contributed by atoms with van der Waals surface area (Å²) < 4.78 is 0. The van der Waals surface area contributed by atoms with E-state index in [2.05, 4.69) is 11.2 Å². The molecule has 102 valence electrons. The van der Waals surface area contributed by atoms with Crippen LogP contribution in [0.3, 0.4) is 0 Å². The molecule has 1 aromatic carbocycles. The van der Waals surface area contributed by atoms with Gasteiger partial charge < -0.3 is 5.73 Å². The molecule has 0 amide bonds. The van der Waals surface area contributed by atoms with Crippen molar-refractivity contribution in [3.63, 3.8) is 0 Å². The summed E-state index contributed by atoms with van der Waals surface area (Å²) in [6.45, 7) is 0. The lowest BCUT2D eigenvalue weighted by molar-refractivity contribution is 0.373. The molecular formula is C14H12ClN3S2. The van der Waals surface area contributed by atoms with Gasteiger partial charge in [0.2, 0.25) is 0 Å². The van der Waals surface area contributed by atoms with Crippen LogP contribution < -0.4 is 5.73 Å². The first-order valence-electron chi connectivity index (χ1n) is 6.10. The summed E-state index contributed by atoms with van der Waals surface area (Å²) in [5.74, 6) is 0. The first-order chi connectivity index (χ1) is 9.65. The molecule has 20 heavy (non-hydrogen) atoms. The molecule has 6 heteroatoms. The molecule has 3 rings (SSSR count). The highest BCUT2D eigenvalue weighted by molar-refractivity contribution is 7.80. The zero-order valence-corrected chi connectivity index (χ0v) is 12.9. The third kappa shape index (κ3) is 2.57. The van der Waals surface area contributed by atoms with Crippen LogP contribution in [-0.2, 0) is 0 Å². The maximum Gasteiger partial charge on any atom is 0.187 e. The molecule has 0 unspecified atom stereocenters. The normalized spacial score (nSPS) is 18.1. The smallest absolute Gasteiger partial charge is 0.187 e. The zero-order chi connectivity index (χ0) is 14.1. The fourth-order valence-electron chi connectivity index (χ4n) is 2.25. The van der Waals surface area contributed by atoms with Gasteiger partial charge in [-0.3, -0.25) is 0 Å². The molecule has 0 saturated carbocycles. The highest BCUT2D eigenvalue weighted by Crippen LogP contribution is 2.33. The largest absolute Gasteiger partial charge is 0.375 e. The lowest BCUT2D eigenvalue weighted by Crippen LogP contribution is -2.31. The summed E-state index contributed by atoms with van der Waals surface area (Å²) in [4.78, 5) is 1.16. The van der Waals surface area contributed by atoms with Crippen LogP contribution in [0.1, 0.15) is 22.9 Å². The van der Waals surface area contributed by atoms with Crippen molar-refractivity contribution in [1.82, 2.24) is 5.01 Å². The fourth-order valence-corrected chi connectivity index (χ4v) is 3.26. The molecule has 2 heterocycles. The number of nitrogens with two attached hydrogens (primary N) is 1. The van der Waals surface area contributed by atoms with E-state index in [0.29, 0.717) is 5.02 Å². The van der Waals surface area contributed by atoms with Crippen LogP contribution in [-0.4, -0.2) is 15.8 Å². The Balaban J connectivity index is 1.93. The Bertz CT molecular complexity index is 650. The maximum absolute atomic E-state index is 5.94. The number of hydrazone groups is 1. The fraction of sp³-hybridized carbons (Fsp3) is 0.143. The average molecular weight is 322 g/mol. The predicted molar refractivity (Wildman–Crippen MR) is 88.3 cm³/mol. The molecule has 0 saturated heterocycles. The van der Waals surface area contributed by atoms with Crippen molar-refractivity contribution in [2.45, 2.75) is 12.5 Å². The highest BCUT2D eigenvalue weighted by Gasteiger charge is 2.30. The first-order valence-corrected chi connectivity index (χ1v) is 7.77. The van der Waals surface area contributed by atoms with Gasteiger partial charge >= 0.3 is 0 Å².